The summed E-state index contributed by atoms with van der Waals surface area (Å²) in [6, 6.07) is 15.6. The quantitative estimate of drug-likeness (QED) is 0.881. The third-order valence-electron chi connectivity index (χ3n) is 3.82. The number of ether oxygens (including phenoxy) is 1. The van der Waals surface area contributed by atoms with Crippen molar-refractivity contribution in [3.8, 4) is 5.75 Å². The summed E-state index contributed by atoms with van der Waals surface area (Å²) in [7, 11) is 0. The van der Waals surface area contributed by atoms with Gasteiger partial charge >= 0.3 is 0 Å². The van der Waals surface area contributed by atoms with Crippen molar-refractivity contribution < 1.29 is 9.53 Å². The van der Waals surface area contributed by atoms with Crippen LogP contribution in [-0.2, 0) is 11.4 Å². The Hall–Kier alpha value is -2.04. The lowest BCUT2D eigenvalue weighted by atomic mass is 10.1. The van der Waals surface area contributed by atoms with Crippen molar-refractivity contribution in [2.24, 2.45) is 5.73 Å². The Labute approximate surface area is 142 Å². The molecule has 2 aromatic carbocycles. The summed E-state index contributed by atoms with van der Waals surface area (Å²) in [5.41, 5.74) is 8.25. The minimum Gasteiger partial charge on any atom is -0.489 e. The molecule has 1 saturated carbocycles. The molecular formula is C18H21ClN2O2. The first-order chi connectivity index (χ1) is 10.5. The maximum Gasteiger partial charge on any atom is 0.244 e. The second-order valence-corrected chi connectivity index (χ2v) is 5.92. The molecule has 0 spiro atoms. The summed E-state index contributed by atoms with van der Waals surface area (Å²) in [5, 5.41) is 2.85. The molecule has 0 radical (unpaired) electrons. The molecule has 1 aliphatic carbocycles. The van der Waals surface area contributed by atoms with E-state index in [2.05, 4.69) is 24.4 Å². The lowest BCUT2D eigenvalue weighted by Gasteiger charge is -2.12. The number of halogens is 1. The molecule has 0 aliphatic heterocycles. The topological polar surface area (TPSA) is 64.3 Å². The van der Waals surface area contributed by atoms with E-state index in [4.69, 9.17) is 10.5 Å². The fraction of sp³-hybridized carbons (Fsp3) is 0.278. The van der Waals surface area contributed by atoms with Crippen LogP contribution in [0.4, 0.5) is 5.69 Å². The summed E-state index contributed by atoms with van der Waals surface area (Å²) in [6.45, 7) is 2.56. The van der Waals surface area contributed by atoms with Crippen molar-refractivity contribution in [3.63, 3.8) is 0 Å². The highest BCUT2D eigenvalue weighted by Crippen LogP contribution is 2.33. The van der Waals surface area contributed by atoms with Gasteiger partial charge in [0.25, 0.3) is 0 Å². The van der Waals surface area contributed by atoms with Crippen LogP contribution in [0.15, 0.2) is 48.5 Å². The lowest BCUT2D eigenvalue weighted by molar-refractivity contribution is -0.118. The number of aryl methyl sites for hydroxylation is 1. The van der Waals surface area contributed by atoms with Crippen LogP contribution in [0.3, 0.4) is 0 Å². The van der Waals surface area contributed by atoms with Gasteiger partial charge in [-0.25, -0.2) is 0 Å². The van der Waals surface area contributed by atoms with Gasteiger partial charge in [-0.2, -0.15) is 0 Å². The molecule has 0 bridgehead atoms. The molecule has 0 aromatic heterocycles. The lowest BCUT2D eigenvalue weighted by Crippen LogP contribution is -2.37. The SMILES string of the molecule is Cc1cccc(COc2cccc(NC(=O)C3(N)CC3)c2)c1.Cl. The highest BCUT2D eigenvalue weighted by molar-refractivity contribution is 6.00. The van der Waals surface area contributed by atoms with E-state index < -0.39 is 5.54 Å². The Morgan fingerprint density at radius 2 is 1.96 bits per heavy atom. The van der Waals surface area contributed by atoms with Gasteiger partial charge in [0.2, 0.25) is 5.91 Å². The molecule has 3 N–H and O–H groups in total. The molecule has 23 heavy (non-hydrogen) atoms. The van der Waals surface area contributed by atoms with Gasteiger partial charge in [-0.05, 0) is 37.5 Å². The predicted molar refractivity (Wildman–Crippen MR) is 94.0 cm³/mol. The van der Waals surface area contributed by atoms with E-state index in [1.165, 1.54) is 5.56 Å². The van der Waals surface area contributed by atoms with Crippen LogP contribution in [0.5, 0.6) is 5.75 Å². The van der Waals surface area contributed by atoms with Gasteiger partial charge in [-0.3, -0.25) is 4.79 Å². The zero-order valence-electron chi connectivity index (χ0n) is 13.0. The number of nitrogens with one attached hydrogen (secondary N) is 1. The van der Waals surface area contributed by atoms with Crippen molar-refractivity contribution in [3.05, 3.63) is 59.7 Å². The zero-order valence-corrected chi connectivity index (χ0v) is 13.9. The van der Waals surface area contributed by atoms with Crippen LogP contribution in [0.1, 0.15) is 24.0 Å². The van der Waals surface area contributed by atoms with E-state index in [0.717, 1.165) is 24.2 Å². The first-order valence-corrected chi connectivity index (χ1v) is 7.44. The van der Waals surface area contributed by atoms with Gasteiger partial charge in [0.05, 0.1) is 5.54 Å². The van der Waals surface area contributed by atoms with Crippen LogP contribution < -0.4 is 15.8 Å². The maximum absolute atomic E-state index is 11.9. The highest BCUT2D eigenvalue weighted by Gasteiger charge is 2.45. The summed E-state index contributed by atoms with van der Waals surface area (Å²) in [4.78, 5) is 11.9. The molecule has 4 nitrogen and oxygen atoms in total. The standard InChI is InChI=1S/C18H20N2O2.ClH/c1-13-4-2-5-14(10-13)12-22-16-7-3-6-15(11-16)20-17(21)18(19)8-9-18;/h2-7,10-11H,8-9,12,19H2,1H3,(H,20,21);1H. The van der Waals surface area contributed by atoms with Gasteiger partial charge in [0.1, 0.15) is 12.4 Å². The monoisotopic (exact) mass is 332 g/mol. The van der Waals surface area contributed by atoms with E-state index in [-0.39, 0.29) is 18.3 Å². The number of hydrogen-bond acceptors (Lipinski definition) is 3. The Bertz CT molecular complexity index is 699. The van der Waals surface area contributed by atoms with Gasteiger partial charge in [0, 0.05) is 11.8 Å². The largest absolute Gasteiger partial charge is 0.489 e. The normalized spacial score (nSPS) is 14.5. The molecule has 1 aliphatic rings. The minimum absolute atomic E-state index is 0. The molecule has 5 heteroatoms. The maximum atomic E-state index is 11.9. The number of amides is 1. The van der Waals surface area contributed by atoms with E-state index in [9.17, 15) is 4.79 Å². The zero-order chi connectivity index (χ0) is 15.6. The average molecular weight is 333 g/mol. The summed E-state index contributed by atoms with van der Waals surface area (Å²) in [6.07, 6.45) is 1.50. The van der Waals surface area contributed by atoms with Gasteiger partial charge in [-0.1, -0.05) is 35.9 Å². The van der Waals surface area contributed by atoms with Crippen molar-refractivity contribution in [1.82, 2.24) is 0 Å². The Balaban J connectivity index is 0.00000192. The number of benzene rings is 2. The fourth-order valence-corrected chi connectivity index (χ4v) is 2.25. The Kier molecular flexibility index (Phi) is 5.29. The third kappa shape index (κ3) is 4.47. The average Bonchev–Trinajstić information content (AvgIpc) is 3.25. The molecule has 0 atom stereocenters. The fourth-order valence-electron chi connectivity index (χ4n) is 2.25. The van der Waals surface area contributed by atoms with Crippen molar-refractivity contribution in [1.29, 1.82) is 0 Å². The van der Waals surface area contributed by atoms with Crippen molar-refractivity contribution in [2.75, 3.05) is 5.32 Å². The molecule has 0 heterocycles. The first-order valence-electron chi connectivity index (χ1n) is 7.44. The Morgan fingerprint density at radius 1 is 1.22 bits per heavy atom. The molecule has 3 rings (SSSR count). The molecule has 1 fully saturated rings. The molecule has 0 unspecified atom stereocenters. The Morgan fingerprint density at radius 3 is 2.65 bits per heavy atom. The van der Waals surface area contributed by atoms with Crippen LogP contribution in [0.25, 0.3) is 0 Å². The van der Waals surface area contributed by atoms with Gasteiger partial charge < -0.3 is 15.8 Å². The molecule has 122 valence electrons. The number of nitrogens with two attached hydrogens (primary N) is 1. The molecular weight excluding hydrogens is 312 g/mol. The highest BCUT2D eigenvalue weighted by atomic mass is 35.5. The van der Waals surface area contributed by atoms with Crippen LogP contribution >= 0.6 is 12.4 Å². The number of hydrogen-bond donors (Lipinski definition) is 2. The summed E-state index contributed by atoms with van der Waals surface area (Å²) < 4.78 is 5.79. The molecule has 0 saturated heterocycles. The third-order valence-corrected chi connectivity index (χ3v) is 3.82. The number of carbonyl (C=O) groups is 1. The second-order valence-electron chi connectivity index (χ2n) is 5.92. The van der Waals surface area contributed by atoms with E-state index in [0.29, 0.717) is 12.3 Å². The van der Waals surface area contributed by atoms with E-state index in [1.54, 1.807) is 0 Å². The van der Waals surface area contributed by atoms with Crippen LogP contribution in [0.2, 0.25) is 0 Å². The number of rotatable bonds is 5. The van der Waals surface area contributed by atoms with Crippen LogP contribution in [-0.4, -0.2) is 11.4 Å². The first kappa shape index (κ1) is 17.3. The van der Waals surface area contributed by atoms with Crippen LogP contribution in [0, 0.1) is 6.92 Å². The number of anilines is 1. The number of carbonyl (C=O) groups excluding carboxylic acids is 1. The summed E-state index contributed by atoms with van der Waals surface area (Å²) >= 11 is 0. The van der Waals surface area contributed by atoms with E-state index >= 15 is 0 Å². The van der Waals surface area contributed by atoms with Gasteiger partial charge in [-0.15, -0.1) is 12.4 Å². The van der Waals surface area contributed by atoms with E-state index in [1.807, 2.05) is 36.4 Å². The van der Waals surface area contributed by atoms with Gasteiger partial charge in [0.15, 0.2) is 0 Å². The van der Waals surface area contributed by atoms with Crippen molar-refractivity contribution in [2.45, 2.75) is 31.9 Å². The molecule has 2 aromatic rings. The second kappa shape index (κ2) is 7.02. The summed E-state index contributed by atoms with van der Waals surface area (Å²) in [5.74, 6) is 0.601. The van der Waals surface area contributed by atoms with Crippen molar-refractivity contribution >= 4 is 24.0 Å². The molecule has 1 amide bonds. The smallest absolute Gasteiger partial charge is 0.244 e. The predicted octanol–water partition coefficient (Wildman–Crippen LogP) is 3.43. The minimum atomic E-state index is -0.668.